The minimum absolute atomic E-state index is 0.0106. The Balaban J connectivity index is 1.71. The Bertz CT molecular complexity index is 1060. The van der Waals surface area contributed by atoms with Gasteiger partial charge in [-0.25, -0.2) is 0 Å². The van der Waals surface area contributed by atoms with Crippen LogP contribution in [0.5, 0.6) is 34.5 Å². The lowest BCUT2D eigenvalue weighted by molar-refractivity contribution is -0.304. The van der Waals surface area contributed by atoms with Crippen molar-refractivity contribution in [3.8, 4) is 34.5 Å². The molecule has 0 radical (unpaired) electrons. The maximum atomic E-state index is 12.5. The highest BCUT2D eigenvalue weighted by Crippen LogP contribution is 2.34. The van der Waals surface area contributed by atoms with Crippen LogP contribution in [-0.4, -0.2) is 95.8 Å². The van der Waals surface area contributed by atoms with Crippen LogP contribution in [0.4, 0.5) is 0 Å². The Morgan fingerprint density at radius 2 is 1.34 bits per heavy atom. The van der Waals surface area contributed by atoms with Crippen molar-refractivity contribution in [3.05, 3.63) is 35.4 Å². The number of rotatable bonds is 8. The van der Waals surface area contributed by atoms with Gasteiger partial charge in [-0.1, -0.05) is 0 Å². The molecule has 2 aromatic rings. The average Bonchev–Trinajstić information content (AvgIpc) is 2.80. The molecule has 2 aromatic carbocycles. The van der Waals surface area contributed by atoms with Gasteiger partial charge < -0.3 is 60.2 Å². The Morgan fingerprint density at radius 1 is 0.800 bits per heavy atom. The predicted molar refractivity (Wildman–Crippen MR) is 114 cm³/mol. The second kappa shape index (κ2) is 10.8. The molecule has 0 spiro atoms. The Morgan fingerprint density at radius 3 is 1.94 bits per heavy atom. The fraction of sp³-hybridized carbons (Fsp3) is 0.409. The lowest BCUT2D eigenvalue weighted by Gasteiger charge is -2.41. The number of phenols is 6. The first-order valence-corrected chi connectivity index (χ1v) is 10.4. The topological polar surface area (TPSA) is 227 Å². The number of hydrogen-bond donors (Lipinski definition) is 9. The third-order valence-electron chi connectivity index (χ3n) is 5.43. The number of ether oxygens (including phenoxy) is 3. The average molecular weight is 498 g/mol. The van der Waals surface area contributed by atoms with Gasteiger partial charge in [-0.05, 0) is 18.6 Å². The summed E-state index contributed by atoms with van der Waals surface area (Å²) < 4.78 is 16.2. The molecule has 13 nitrogen and oxygen atoms in total. The molecule has 9 N–H and O–H groups in total. The van der Waals surface area contributed by atoms with E-state index in [9.17, 15) is 50.8 Å². The van der Waals surface area contributed by atoms with Gasteiger partial charge in [0.05, 0.1) is 19.6 Å². The van der Waals surface area contributed by atoms with Crippen molar-refractivity contribution in [2.45, 2.75) is 43.5 Å². The molecule has 0 amide bonds. The molecule has 35 heavy (non-hydrogen) atoms. The zero-order valence-electron chi connectivity index (χ0n) is 18.2. The standard InChI is InChI=1S/C22H26O13/c23-8-17-19(31)20(32)21(35-18(30)5-10-4-14(27)16(29)7-12(10)25)22(34-17)33-2-1-9-3-13(26)15(28)6-11(9)24/h3-4,6-7,17,19-29,31-32H,1-2,5,8H2/t17-,19-,20+,21-,22-/m1/s1. The van der Waals surface area contributed by atoms with E-state index in [4.69, 9.17) is 14.2 Å². The van der Waals surface area contributed by atoms with Crippen LogP contribution in [0.15, 0.2) is 24.3 Å². The maximum Gasteiger partial charge on any atom is 0.310 e. The van der Waals surface area contributed by atoms with Crippen LogP contribution < -0.4 is 0 Å². The highest BCUT2D eigenvalue weighted by atomic mass is 16.7. The van der Waals surface area contributed by atoms with E-state index in [0.717, 1.165) is 24.3 Å². The number of carbonyl (C=O) groups excluding carboxylic acids is 1. The highest BCUT2D eigenvalue weighted by Gasteiger charge is 2.47. The van der Waals surface area contributed by atoms with E-state index in [1.165, 1.54) is 0 Å². The minimum atomic E-state index is -1.73. The molecule has 0 bridgehead atoms. The number of benzene rings is 2. The van der Waals surface area contributed by atoms with Crippen LogP contribution in [0.25, 0.3) is 0 Å². The van der Waals surface area contributed by atoms with Gasteiger partial charge in [0.15, 0.2) is 35.4 Å². The normalized spacial score (nSPS) is 24.3. The number of hydrogen-bond acceptors (Lipinski definition) is 13. The van der Waals surface area contributed by atoms with Gasteiger partial charge >= 0.3 is 5.97 Å². The Labute approximate surface area is 198 Å². The summed E-state index contributed by atoms with van der Waals surface area (Å²) in [5.41, 5.74) is 0.108. The van der Waals surface area contributed by atoms with E-state index in [1.807, 2.05) is 0 Å². The van der Waals surface area contributed by atoms with Crippen LogP contribution >= 0.6 is 0 Å². The molecule has 192 valence electrons. The number of aliphatic hydroxyl groups excluding tert-OH is 3. The number of aromatic hydroxyl groups is 6. The lowest BCUT2D eigenvalue weighted by Crippen LogP contribution is -2.60. The first-order valence-electron chi connectivity index (χ1n) is 10.4. The number of carbonyl (C=O) groups is 1. The summed E-state index contributed by atoms with van der Waals surface area (Å²) in [5, 5.41) is 87.8. The summed E-state index contributed by atoms with van der Waals surface area (Å²) >= 11 is 0. The van der Waals surface area contributed by atoms with Crippen LogP contribution in [0.2, 0.25) is 0 Å². The zero-order chi connectivity index (χ0) is 25.9. The van der Waals surface area contributed by atoms with Crippen molar-refractivity contribution in [2.75, 3.05) is 13.2 Å². The quantitative estimate of drug-likeness (QED) is 0.122. The summed E-state index contributed by atoms with van der Waals surface area (Å²) in [5.74, 6) is -4.01. The zero-order valence-corrected chi connectivity index (χ0v) is 18.2. The largest absolute Gasteiger partial charge is 0.508 e. The van der Waals surface area contributed by atoms with Gasteiger partial charge in [0.1, 0.15) is 29.8 Å². The van der Waals surface area contributed by atoms with Crippen LogP contribution in [0.3, 0.4) is 0 Å². The molecule has 5 atom stereocenters. The maximum absolute atomic E-state index is 12.5. The van der Waals surface area contributed by atoms with Crippen molar-refractivity contribution in [2.24, 2.45) is 0 Å². The molecular weight excluding hydrogens is 472 g/mol. The van der Waals surface area contributed by atoms with E-state index < -0.39 is 78.5 Å². The van der Waals surface area contributed by atoms with Crippen molar-refractivity contribution < 1.29 is 65.0 Å². The van der Waals surface area contributed by atoms with Crippen molar-refractivity contribution >= 4 is 5.97 Å². The molecule has 1 aliphatic heterocycles. The van der Waals surface area contributed by atoms with Crippen molar-refractivity contribution in [3.63, 3.8) is 0 Å². The van der Waals surface area contributed by atoms with Crippen molar-refractivity contribution in [1.29, 1.82) is 0 Å². The van der Waals surface area contributed by atoms with Crippen LogP contribution in [0, 0.1) is 0 Å². The minimum Gasteiger partial charge on any atom is -0.508 e. The van der Waals surface area contributed by atoms with Gasteiger partial charge in [-0.3, -0.25) is 4.79 Å². The second-order valence-electron chi connectivity index (χ2n) is 7.90. The second-order valence-corrected chi connectivity index (χ2v) is 7.90. The summed E-state index contributed by atoms with van der Waals surface area (Å²) in [4.78, 5) is 12.5. The van der Waals surface area contributed by atoms with Crippen molar-refractivity contribution in [1.82, 2.24) is 0 Å². The third-order valence-corrected chi connectivity index (χ3v) is 5.43. The Kier molecular flexibility index (Phi) is 8.09. The lowest BCUT2D eigenvalue weighted by atomic mass is 9.99. The van der Waals surface area contributed by atoms with Crippen LogP contribution in [0.1, 0.15) is 11.1 Å². The number of esters is 1. The van der Waals surface area contributed by atoms with E-state index in [-0.39, 0.29) is 29.9 Å². The summed E-state index contributed by atoms with van der Waals surface area (Å²) in [6.07, 6.45) is -8.28. The first-order chi connectivity index (χ1) is 16.5. The molecule has 0 unspecified atom stereocenters. The molecular formula is C22H26O13. The molecule has 0 saturated carbocycles. The smallest absolute Gasteiger partial charge is 0.310 e. The molecule has 1 heterocycles. The molecule has 0 aliphatic carbocycles. The van der Waals surface area contributed by atoms with Gasteiger partial charge in [-0.15, -0.1) is 0 Å². The van der Waals surface area contributed by atoms with E-state index in [1.54, 1.807) is 0 Å². The molecule has 1 fully saturated rings. The molecule has 13 heteroatoms. The summed E-state index contributed by atoms with van der Waals surface area (Å²) in [6, 6.07) is 3.82. The van der Waals surface area contributed by atoms with Gasteiger partial charge in [0.25, 0.3) is 0 Å². The fourth-order valence-corrected chi connectivity index (χ4v) is 3.51. The summed E-state index contributed by atoms with van der Waals surface area (Å²) in [6.45, 7) is -0.893. The van der Waals surface area contributed by atoms with Gasteiger partial charge in [0.2, 0.25) is 0 Å². The van der Waals surface area contributed by atoms with Crippen LogP contribution in [-0.2, 0) is 31.8 Å². The Hall–Kier alpha value is -3.49. The first kappa shape index (κ1) is 26.1. The predicted octanol–water partition coefficient (Wildman–Crippen LogP) is -0.927. The molecule has 0 aromatic heterocycles. The fourth-order valence-electron chi connectivity index (χ4n) is 3.51. The number of phenolic OH excluding ortho intramolecular Hbond substituents is 6. The molecule has 1 aliphatic rings. The van der Waals surface area contributed by atoms with Gasteiger partial charge in [0, 0.05) is 23.3 Å². The van der Waals surface area contributed by atoms with E-state index >= 15 is 0 Å². The molecule has 1 saturated heterocycles. The summed E-state index contributed by atoms with van der Waals surface area (Å²) in [7, 11) is 0. The third kappa shape index (κ3) is 5.96. The SMILES string of the molecule is O=C(Cc1cc(O)c(O)cc1O)O[C@H]1[C@H](OCCc2cc(O)c(O)cc2O)O[C@H](CO)[C@@H](O)[C@@H]1O. The van der Waals surface area contributed by atoms with Gasteiger partial charge in [-0.2, -0.15) is 0 Å². The highest BCUT2D eigenvalue weighted by molar-refractivity contribution is 5.74. The number of aliphatic hydroxyl groups is 3. The van der Waals surface area contributed by atoms with E-state index in [0.29, 0.717) is 0 Å². The molecule has 3 rings (SSSR count). The monoisotopic (exact) mass is 498 g/mol. The van der Waals surface area contributed by atoms with E-state index in [2.05, 4.69) is 0 Å².